The average molecular weight is 674 g/mol. The number of imidazole rings is 2. The van der Waals surface area contributed by atoms with Gasteiger partial charge in [-0.2, -0.15) is 4.98 Å². The predicted octanol–water partition coefficient (Wildman–Crippen LogP) is 0.168. The highest BCUT2D eigenvalue weighted by Gasteiger charge is 2.52. The normalized spacial score (nSPS) is 37.7. The van der Waals surface area contributed by atoms with Crippen LogP contribution >= 0.6 is 27.4 Å². The van der Waals surface area contributed by atoms with Crippen molar-refractivity contribution in [3.05, 3.63) is 28.7 Å². The molecule has 3 fully saturated rings. The predicted molar refractivity (Wildman–Crippen MR) is 148 cm³/mol. The number of anilines is 1. The van der Waals surface area contributed by atoms with Crippen LogP contribution in [-0.2, 0) is 32.0 Å². The van der Waals surface area contributed by atoms with E-state index in [0.717, 1.165) is 11.8 Å². The summed E-state index contributed by atoms with van der Waals surface area (Å²) in [5.41, 5.74) is 5.21. The molecule has 2 unspecified atom stereocenters. The molecule has 0 spiro atoms. The molecular weight excluding hydrogens is 650 g/mol. The number of phosphoric ester groups is 2. The standard InChI is InChI=1S/C21H24N8O12P2S/c22-21-26-17-13(18(32)27-21)25-7-29(17)20-10-3-8(44-20)4-37-43(35,36)41-15-11(5-38-42(33,34)40-10)39-19(14(15)31)28-6-24-12-9(30)1-2-23-16(12)28/h2,6-8,10-11,14-15,19-20,31H,1,3-5H2,(H,33,34)(H,35,36)(H3,22,26,27,32)/t8-,10+,11+,14+,15+,19+,20+/m0/s1. The smallest absolute Gasteiger partial charge is 0.386 e. The fourth-order valence-corrected chi connectivity index (χ4v) is 9.00. The molecule has 20 nitrogen and oxygen atoms in total. The number of carbonyl (C=O) groups is 1. The van der Waals surface area contributed by atoms with E-state index < -0.39 is 69.1 Å². The van der Waals surface area contributed by atoms with Gasteiger partial charge in [-0.3, -0.25) is 41.8 Å². The molecule has 3 aromatic heterocycles. The van der Waals surface area contributed by atoms with Crippen LogP contribution in [0.2, 0.25) is 0 Å². The van der Waals surface area contributed by atoms with E-state index in [1.807, 2.05) is 0 Å². The number of aliphatic imine (C=N–C) groups is 1. The maximum Gasteiger partial charge on any atom is 0.472 e. The molecule has 0 radical (unpaired) electrons. The lowest BCUT2D eigenvalue weighted by molar-refractivity contribution is -0.0532. The minimum atomic E-state index is -4.88. The van der Waals surface area contributed by atoms with Crippen LogP contribution in [0.25, 0.3) is 11.2 Å². The van der Waals surface area contributed by atoms with Gasteiger partial charge in [0.05, 0.1) is 25.9 Å². The number of thioether (sulfide) groups is 1. The summed E-state index contributed by atoms with van der Waals surface area (Å²) in [5, 5.41) is 9.72. The van der Waals surface area contributed by atoms with Gasteiger partial charge in [0, 0.05) is 17.9 Å². The number of H-pyrrole nitrogens is 1. The molecule has 0 amide bonds. The van der Waals surface area contributed by atoms with Crippen molar-refractivity contribution >= 4 is 62.3 Å². The highest BCUT2D eigenvalue weighted by molar-refractivity contribution is 8.00. The van der Waals surface area contributed by atoms with E-state index in [0.29, 0.717) is 0 Å². The molecule has 4 aliphatic heterocycles. The van der Waals surface area contributed by atoms with Gasteiger partial charge in [-0.05, 0) is 6.42 Å². The number of ketones is 1. The third-order valence-electron chi connectivity index (χ3n) is 7.32. The van der Waals surface area contributed by atoms with Gasteiger partial charge in [-0.1, -0.05) is 0 Å². The summed E-state index contributed by atoms with van der Waals surface area (Å²) in [6, 6.07) is 0. The maximum absolute atomic E-state index is 13.2. The zero-order chi connectivity index (χ0) is 31.0. The number of aliphatic hydroxyl groups excluding tert-OH is 1. The third kappa shape index (κ3) is 5.37. The molecule has 9 atom stereocenters. The SMILES string of the molecule is Nc1nc2c(ncn2[C@@H]2S[C@@H]3COP(=O)(O)O[C@H]4[C@@H](O)[C@H](n5cnc6c5N=CCC6=O)O[C@@H]4COP(=O)(O)O[C@@H]2C3)c(=O)[nH]1. The number of hydrogen-bond acceptors (Lipinski definition) is 16. The third-order valence-corrected chi connectivity index (χ3v) is 10.8. The van der Waals surface area contributed by atoms with Gasteiger partial charge < -0.3 is 25.4 Å². The summed E-state index contributed by atoms with van der Waals surface area (Å²) in [5.74, 6) is -0.400. The number of carbonyl (C=O) groups excluding carboxylic acids is 1. The van der Waals surface area contributed by atoms with Crippen LogP contribution in [0.15, 0.2) is 22.4 Å². The van der Waals surface area contributed by atoms with E-state index in [1.54, 1.807) is 0 Å². The number of hydrogen-bond donors (Lipinski definition) is 5. The molecular formula is C21H24N8O12P2S. The summed E-state index contributed by atoms with van der Waals surface area (Å²) in [4.78, 5) is 64.5. The van der Waals surface area contributed by atoms with Crippen LogP contribution in [0.3, 0.4) is 0 Å². The molecule has 0 aliphatic carbocycles. The number of aromatic nitrogens is 6. The molecule has 7 rings (SSSR count). The Bertz CT molecular complexity index is 1830. The number of nitrogens with zero attached hydrogens (tertiary/aromatic N) is 6. The Morgan fingerprint density at radius 2 is 1.80 bits per heavy atom. The van der Waals surface area contributed by atoms with Crippen LogP contribution < -0.4 is 11.3 Å². The van der Waals surface area contributed by atoms with E-state index in [4.69, 9.17) is 28.6 Å². The van der Waals surface area contributed by atoms with Crippen molar-refractivity contribution in [3.63, 3.8) is 0 Å². The average Bonchev–Trinajstić information content (AvgIpc) is 3.72. The summed E-state index contributed by atoms with van der Waals surface area (Å²) in [6.07, 6.45) is -3.11. The van der Waals surface area contributed by atoms with Crippen LogP contribution in [0.4, 0.5) is 11.8 Å². The number of rotatable bonds is 2. The summed E-state index contributed by atoms with van der Waals surface area (Å²) in [6.45, 7) is -1.11. The van der Waals surface area contributed by atoms with Gasteiger partial charge in [0.25, 0.3) is 5.56 Å². The topological polar surface area (TPSA) is 278 Å². The van der Waals surface area contributed by atoms with Crippen molar-refractivity contribution in [3.8, 4) is 0 Å². The van der Waals surface area contributed by atoms with Gasteiger partial charge in [-0.15, -0.1) is 11.8 Å². The molecule has 3 aromatic rings. The van der Waals surface area contributed by atoms with Crippen LogP contribution in [-0.4, -0.2) is 98.8 Å². The fraction of sp³-hybridized carbons (Fsp3) is 0.524. The largest absolute Gasteiger partial charge is 0.472 e. The van der Waals surface area contributed by atoms with Crippen LogP contribution in [0.1, 0.15) is 34.9 Å². The van der Waals surface area contributed by atoms with Crippen molar-refractivity contribution in [1.29, 1.82) is 0 Å². The Morgan fingerprint density at radius 1 is 1.05 bits per heavy atom. The molecule has 0 saturated carbocycles. The molecule has 0 aromatic carbocycles. The Morgan fingerprint density at radius 3 is 2.61 bits per heavy atom. The first-order chi connectivity index (χ1) is 20.9. The minimum Gasteiger partial charge on any atom is -0.386 e. The number of Topliss-reactive ketones (excluding diaryl/α,β-unsaturated/α-hetero) is 1. The van der Waals surface area contributed by atoms with Gasteiger partial charge in [0.2, 0.25) is 5.95 Å². The Balaban J connectivity index is 1.18. The lowest BCUT2D eigenvalue weighted by Crippen LogP contribution is -2.36. The molecule has 44 heavy (non-hydrogen) atoms. The number of fused-ring (bicyclic) bond motifs is 5. The molecule has 23 heteroatoms. The van der Waals surface area contributed by atoms with Gasteiger partial charge in [0.15, 0.2) is 34.7 Å². The Kier molecular flexibility index (Phi) is 7.41. The Labute approximate surface area is 249 Å². The second kappa shape index (κ2) is 10.9. The quantitative estimate of drug-likeness (QED) is 0.226. The van der Waals surface area contributed by atoms with Crippen molar-refractivity contribution in [2.75, 3.05) is 18.9 Å². The molecule has 6 N–H and O–H groups in total. The van der Waals surface area contributed by atoms with Crippen LogP contribution in [0.5, 0.6) is 0 Å². The number of aliphatic hydroxyl groups is 1. The number of nitrogen functional groups attached to an aromatic ring is 1. The lowest BCUT2D eigenvalue weighted by atomic mass is 10.1. The molecule has 3 saturated heterocycles. The first-order valence-corrected chi connectivity index (χ1v) is 17.0. The van der Waals surface area contributed by atoms with E-state index in [1.165, 1.54) is 28.0 Å². The summed E-state index contributed by atoms with van der Waals surface area (Å²) in [7, 11) is -9.74. The number of phosphoric acid groups is 2. The Hall–Kier alpha value is -2.81. The number of nitrogens with two attached hydrogens (primary N) is 1. The number of nitrogens with one attached hydrogen (secondary N) is 1. The van der Waals surface area contributed by atoms with Gasteiger partial charge in [0.1, 0.15) is 29.8 Å². The van der Waals surface area contributed by atoms with Crippen LogP contribution in [0, 0.1) is 0 Å². The van der Waals surface area contributed by atoms with Crippen molar-refractivity contribution in [1.82, 2.24) is 29.1 Å². The zero-order valence-corrected chi connectivity index (χ0v) is 24.8. The zero-order valence-electron chi connectivity index (χ0n) is 22.2. The van der Waals surface area contributed by atoms with Gasteiger partial charge in [-0.25, -0.2) is 24.1 Å². The van der Waals surface area contributed by atoms with E-state index in [2.05, 4.69) is 24.9 Å². The van der Waals surface area contributed by atoms with E-state index in [-0.39, 0.29) is 53.9 Å². The van der Waals surface area contributed by atoms with Crippen molar-refractivity contribution in [2.24, 2.45) is 4.99 Å². The molecule has 236 valence electrons. The second-order valence-electron chi connectivity index (χ2n) is 10.2. The highest BCUT2D eigenvalue weighted by atomic mass is 32.2. The second-order valence-corrected chi connectivity index (χ2v) is 14.5. The summed E-state index contributed by atoms with van der Waals surface area (Å²) >= 11 is 1.14. The first-order valence-electron chi connectivity index (χ1n) is 13.0. The highest BCUT2D eigenvalue weighted by Crippen LogP contribution is 2.56. The molecule has 4 aliphatic rings. The van der Waals surface area contributed by atoms with Crippen molar-refractivity contribution in [2.45, 2.75) is 54.1 Å². The van der Waals surface area contributed by atoms with E-state index >= 15 is 0 Å². The van der Waals surface area contributed by atoms with Gasteiger partial charge >= 0.3 is 15.6 Å². The first kappa shape index (κ1) is 29.9. The number of ether oxygens (including phenoxy) is 1. The molecule has 2 bridgehead atoms. The number of aromatic amines is 1. The molecule has 7 heterocycles. The lowest BCUT2D eigenvalue weighted by Gasteiger charge is -2.25. The maximum atomic E-state index is 13.2. The monoisotopic (exact) mass is 674 g/mol. The minimum absolute atomic E-state index is 0.0314. The van der Waals surface area contributed by atoms with E-state index in [9.17, 15) is 33.6 Å². The fourth-order valence-electron chi connectivity index (χ4n) is 5.41. The van der Waals surface area contributed by atoms with Crippen molar-refractivity contribution < 1.29 is 51.6 Å². The summed E-state index contributed by atoms with van der Waals surface area (Å²) < 4.78 is 56.2.